The Morgan fingerprint density at radius 3 is 2.53 bits per heavy atom. The number of hydrogen-bond donors (Lipinski definition) is 0. The van der Waals surface area contributed by atoms with Gasteiger partial charge in [0, 0.05) is 10.6 Å². The molecule has 7 rings (SSSR count). The van der Waals surface area contributed by atoms with Crippen molar-refractivity contribution in [2.45, 2.75) is 6.61 Å². The van der Waals surface area contributed by atoms with Crippen LogP contribution in [-0.2, 0) is 6.61 Å². The molecule has 0 saturated carbocycles. The fourth-order valence-electron chi connectivity index (χ4n) is 5.16. The van der Waals surface area contributed by atoms with Crippen molar-refractivity contribution in [3.63, 3.8) is 0 Å². The van der Waals surface area contributed by atoms with E-state index in [-0.39, 0.29) is 11.4 Å². The quantitative estimate of drug-likeness (QED) is 0.177. The second-order valence-corrected chi connectivity index (χ2v) is 10.3. The number of benzene rings is 5. The van der Waals surface area contributed by atoms with Crippen LogP contribution in [0.15, 0.2) is 124 Å². The maximum Gasteiger partial charge on any atom is 0.282 e. The third-order valence-electron chi connectivity index (χ3n) is 7.26. The van der Waals surface area contributed by atoms with Gasteiger partial charge in [0.1, 0.15) is 23.7 Å². The minimum Gasteiger partial charge on any atom is -0.496 e. The fraction of sp³-hybridized carbons (Fsp3) is 0.0571. The summed E-state index contributed by atoms with van der Waals surface area (Å²) in [7, 11) is 1.60. The van der Waals surface area contributed by atoms with Crippen LogP contribution in [0.25, 0.3) is 44.2 Å². The second-order valence-electron chi connectivity index (χ2n) is 9.91. The summed E-state index contributed by atoms with van der Waals surface area (Å²) in [5, 5.41) is 8.56. The summed E-state index contributed by atoms with van der Waals surface area (Å²) in [6.45, 7) is 0.341. The maximum atomic E-state index is 13.8. The average Bonchev–Trinajstić information content (AvgIpc) is 3.48. The molecule has 7 aromatic rings. The Morgan fingerprint density at radius 1 is 0.860 bits per heavy atom. The molecule has 0 aliphatic rings. The average molecular weight is 586 g/mol. The molecule has 8 heteroatoms. The third kappa shape index (κ3) is 5.00. The first-order valence-corrected chi connectivity index (χ1v) is 14.0. The SMILES string of the molecule is COc1cccc2oc(-c3nc4ccccc4c(=O)n3N=Cc3cc(Cl)ccc3OCc3cccc4ccccc34)cc12. The van der Waals surface area contributed by atoms with Gasteiger partial charge in [-0.25, -0.2) is 4.98 Å². The van der Waals surface area contributed by atoms with Gasteiger partial charge in [-0.3, -0.25) is 4.79 Å². The van der Waals surface area contributed by atoms with E-state index in [0.717, 1.165) is 21.7 Å². The minimum absolute atomic E-state index is 0.249. The number of halogens is 1. The number of rotatable bonds is 7. The van der Waals surface area contributed by atoms with Gasteiger partial charge < -0.3 is 13.9 Å². The van der Waals surface area contributed by atoms with E-state index in [9.17, 15) is 4.79 Å². The van der Waals surface area contributed by atoms with Crippen LogP contribution in [0.4, 0.5) is 0 Å². The Balaban J connectivity index is 1.31. The van der Waals surface area contributed by atoms with Crippen LogP contribution in [0.5, 0.6) is 11.5 Å². The monoisotopic (exact) mass is 585 g/mol. The summed E-state index contributed by atoms with van der Waals surface area (Å²) in [5.41, 5.74) is 2.44. The van der Waals surface area contributed by atoms with Crippen LogP contribution >= 0.6 is 11.6 Å². The lowest BCUT2D eigenvalue weighted by molar-refractivity contribution is 0.307. The number of fused-ring (bicyclic) bond motifs is 3. The molecule has 0 aliphatic carbocycles. The lowest BCUT2D eigenvalue weighted by Gasteiger charge is -2.12. The van der Waals surface area contributed by atoms with E-state index >= 15 is 0 Å². The largest absolute Gasteiger partial charge is 0.496 e. The Morgan fingerprint density at radius 2 is 1.65 bits per heavy atom. The normalized spacial score (nSPS) is 11.6. The predicted molar refractivity (Wildman–Crippen MR) is 170 cm³/mol. The van der Waals surface area contributed by atoms with Crippen molar-refractivity contribution in [3.8, 4) is 23.1 Å². The van der Waals surface area contributed by atoms with E-state index in [1.54, 1.807) is 55.8 Å². The molecule has 0 fully saturated rings. The Kier molecular flexibility index (Phi) is 6.85. The van der Waals surface area contributed by atoms with Crippen LogP contribution in [0.2, 0.25) is 5.02 Å². The molecule has 0 unspecified atom stereocenters. The van der Waals surface area contributed by atoms with Crippen molar-refractivity contribution in [2.75, 3.05) is 7.11 Å². The van der Waals surface area contributed by atoms with E-state index in [2.05, 4.69) is 23.3 Å². The van der Waals surface area contributed by atoms with Crippen LogP contribution < -0.4 is 15.0 Å². The summed E-state index contributed by atoms with van der Waals surface area (Å²) < 4.78 is 19.1. The van der Waals surface area contributed by atoms with Crippen molar-refractivity contribution in [3.05, 3.63) is 136 Å². The molecule has 0 atom stereocenters. The molecular weight excluding hydrogens is 562 g/mol. The lowest BCUT2D eigenvalue weighted by Crippen LogP contribution is -2.20. The van der Waals surface area contributed by atoms with E-state index in [1.807, 2.05) is 48.5 Å². The van der Waals surface area contributed by atoms with Crippen LogP contribution in [0.1, 0.15) is 11.1 Å². The topological polar surface area (TPSA) is 78.9 Å². The van der Waals surface area contributed by atoms with Crippen molar-refractivity contribution in [1.82, 2.24) is 9.66 Å². The first-order chi connectivity index (χ1) is 21.1. The first kappa shape index (κ1) is 26.5. The smallest absolute Gasteiger partial charge is 0.282 e. The molecule has 210 valence electrons. The molecule has 2 aromatic heterocycles. The Labute approximate surface area is 251 Å². The zero-order chi connectivity index (χ0) is 29.3. The zero-order valence-electron chi connectivity index (χ0n) is 23.0. The maximum absolute atomic E-state index is 13.8. The Bertz CT molecular complexity index is 2230. The zero-order valence-corrected chi connectivity index (χ0v) is 23.8. The van der Waals surface area contributed by atoms with Crippen molar-refractivity contribution >= 4 is 50.5 Å². The molecule has 0 bridgehead atoms. The highest BCUT2D eigenvalue weighted by Gasteiger charge is 2.18. The third-order valence-corrected chi connectivity index (χ3v) is 7.50. The molecule has 0 spiro atoms. The van der Waals surface area contributed by atoms with E-state index in [1.165, 1.54) is 4.68 Å². The number of aromatic nitrogens is 2. The highest BCUT2D eigenvalue weighted by Crippen LogP contribution is 2.33. The number of furan rings is 1. The summed E-state index contributed by atoms with van der Waals surface area (Å²) >= 11 is 6.38. The summed E-state index contributed by atoms with van der Waals surface area (Å²) in [6, 6.07) is 34.1. The molecule has 2 heterocycles. The highest BCUT2D eigenvalue weighted by molar-refractivity contribution is 6.30. The molecule has 0 amide bonds. The number of ether oxygens (including phenoxy) is 2. The van der Waals surface area contributed by atoms with Gasteiger partial charge in [0.25, 0.3) is 5.56 Å². The molecular formula is C35H24ClN3O4. The van der Waals surface area contributed by atoms with Crippen LogP contribution in [-0.4, -0.2) is 23.0 Å². The number of nitrogens with zero attached hydrogens (tertiary/aromatic N) is 3. The van der Waals surface area contributed by atoms with Gasteiger partial charge >= 0.3 is 0 Å². The highest BCUT2D eigenvalue weighted by atomic mass is 35.5. The summed E-state index contributed by atoms with van der Waals surface area (Å²) in [6.07, 6.45) is 1.55. The van der Waals surface area contributed by atoms with Gasteiger partial charge in [0.2, 0.25) is 5.82 Å². The number of methoxy groups -OCH3 is 1. The van der Waals surface area contributed by atoms with Crippen LogP contribution in [0.3, 0.4) is 0 Å². The van der Waals surface area contributed by atoms with Gasteiger partial charge in [-0.05, 0) is 64.9 Å². The van der Waals surface area contributed by atoms with E-state index < -0.39 is 0 Å². The van der Waals surface area contributed by atoms with E-state index in [0.29, 0.717) is 50.9 Å². The lowest BCUT2D eigenvalue weighted by atomic mass is 10.1. The molecule has 43 heavy (non-hydrogen) atoms. The number of hydrogen-bond acceptors (Lipinski definition) is 6. The minimum atomic E-state index is -0.343. The van der Waals surface area contributed by atoms with Crippen molar-refractivity contribution in [1.29, 1.82) is 0 Å². The molecule has 7 nitrogen and oxygen atoms in total. The summed E-state index contributed by atoms with van der Waals surface area (Å²) in [5.74, 6) is 1.84. The number of para-hydroxylation sites is 1. The Hall–Kier alpha value is -5.40. The standard InChI is InChI=1S/C35H24ClN3O4/c1-41-31-14-7-15-32-28(31)19-33(43-32)34-38-29-13-5-4-12-27(29)35(40)39(34)37-20-24-18-25(36)16-17-30(24)42-21-23-10-6-9-22-8-2-3-11-26(22)23/h2-20H,21H2,1H3. The molecule has 0 N–H and O–H groups in total. The first-order valence-electron chi connectivity index (χ1n) is 13.6. The van der Waals surface area contributed by atoms with Crippen molar-refractivity contribution in [2.24, 2.45) is 5.10 Å². The molecule has 5 aromatic carbocycles. The van der Waals surface area contributed by atoms with E-state index in [4.69, 9.17) is 30.5 Å². The van der Waals surface area contributed by atoms with Gasteiger partial charge in [-0.15, -0.1) is 0 Å². The molecule has 0 aliphatic heterocycles. The van der Waals surface area contributed by atoms with Crippen LogP contribution in [0, 0.1) is 0 Å². The summed E-state index contributed by atoms with van der Waals surface area (Å²) in [4.78, 5) is 18.5. The van der Waals surface area contributed by atoms with Gasteiger partial charge in [0.05, 0.1) is 29.6 Å². The molecule has 0 saturated heterocycles. The van der Waals surface area contributed by atoms with Crippen molar-refractivity contribution < 1.29 is 13.9 Å². The van der Waals surface area contributed by atoms with Gasteiger partial charge in [-0.1, -0.05) is 72.3 Å². The van der Waals surface area contributed by atoms with Gasteiger partial charge in [0.15, 0.2) is 5.76 Å². The van der Waals surface area contributed by atoms with Gasteiger partial charge in [-0.2, -0.15) is 9.78 Å². The molecule has 0 radical (unpaired) electrons. The predicted octanol–water partition coefficient (Wildman–Crippen LogP) is 8.09. The second kappa shape index (κ2) is 11.1. The fourth-order valence-corrected chi connectivity index (χ4v) is 5.34.